The van der Waals surface area contributed by atoms with Gasteiger partial charge in [0.05, 0.1) is 6.61 Å². The van der Waals surface area contributed by atoms with Crippen LogP contribution < -0.4 is 5.32 Å². The van der Waals surface area contributed by atoms with Gasteiger partial charge in [-0.1, -0.05) is 48.5 Å². The minimum atomic E-state index is -0.646. The first-order valence-electron chi connectivity index (χ1n) is 10.3. The highest BCUT2D eigenvalue weighted by Gasteiger charge is 2.42. The standard InChI is InChI=1S/C24H27N3O3/c1-17(29)26-22(13-18-14-25-21-10-6-5-9-20(18)21)23(30)27-12-11-24(15-27,16-28)19-7-3-2-4-8-19/h2-10,14,22,25,28H,11-13,15-16H2,1H3,(H,26,29). The third-order valence-electron chi connectivity index (χ3n) is 6.13. The molecule has 2 unspecified atom stereocenters. The van der Waals surface area contributed by atoms with Crippen molar-refractivity contribution in [2.45, 2.75) is 31.2 Å². The van der Waals surface area contributed by atoms with Crippen molar-refractivity contribution in [3.8, 4) is 0 Å². The number of amides is 2. The van der Waals surface area contributed by atoms with E-state index in [4.69, 9.17) is 0 Å². The van der Waals surface area contributed by atoms with Crippen molar-refractivity contribution in [2.75, 3.05) is 19.7 Å². The Bertz CT molecular complexity index is 1050. The number of aromatic nitrogens is 1. The van der Waals surface area contributed by atoms with Gasteiger partial charge in [0, 0.05) is 48.9 Å². The number of likely N-dealkylation sites (tertiary alicyclic amines) is 1. The summed E-state index contributed by atoms with van der Waals surface area (Å²) in [4.78, 5) is 30.2. The number of aliphatic hydroxyl groups excluding tert-OH is 1. The van der Waals surface area contributed by atoms with E-state index in [1.807, 2.05) is 60.8 Å². The van der Waals surface area contributed by atoms with Crippen molar-refractivity contribution in [1.82, 2.24) is 15.2 Å². The molecule has 2 heterocycles. The normalized spacial score (nSPS) is 19.7. The smallest absolute Gasteiger partial charge is 0.245 e. The molecule has 0 saturated carbocycles. The zero-order valence-corrected chi connectivity index (χ0v) is 17.1. The fourth-order valence-corrected chi connectivity index (χ4v) is 4.49. The molecule has 3 aromatic rings. The van der Waals surface area contributed by atoms with Gasteiger partial charge in [-0.15, -0.1) is 0 Å². The van der Waals surface area contributed by atoms with E-state index in [9.17, 15) is 14.7 Å². The number of nitrogens with zero attached hydrogens (tertiary/aromatic N) is 1. The van der Waals surface area contributed by atoms with Crippen LogP contribution in [0.2, 0.25) is 0 Å². The number of H-pyrrole nitrogens is 1. The molecule has 0 spiro atoms. The molecule has 1 aliphatic heterocycles. The van der Waals surface area contributed by atoms with E-state index in [0.29, 0.717) is 25.9 Å². The Labute approximate surface area is 175 Å². The molecule has 2 atom stereocenters. The number of fused-ring (bicyclic) bond motifs is 1. The second-order valence-corrected chi connectivity index (χ2v) is 8.13. The number of carbonyl (C=O) groups excluding carboxylic acids is 2. The number of benzene rings is 2. The summed E-state index contributed by atoms with van der Waals surface area (Å²) >= 11 is 0. The molecular formula is C24H27N3O3. The number of para-hydroxylation sites is 1. The lowest BCUT2D eigenvalue weighted by molar-refractivity contribution is -0.135. The van der Waals surface area contributed by atoms with Gasteiger partial charge in [-0.3, -0.25) is 9.59 Å². The fourth-order valence-electron chi connectivity index (χ4n) is 4.49. The van der Waals surface area contributed by atoms with Gasteiger partial charge in [0.25, 0.3) is 0 Å². The third-order valence-corrected chi connectivity index (χ3v) is 6.13. The summed E-state index contributed by atoms with van der Waals surface area (Å²) < 4.78 is 0. The topological polar surface area (TPSA) is 85.4 Å². The monoisotopic (exact) mass is 405 g/mol. The maximum atomic E-state index is 13.4. The van der Waals surface area contributed by atoms with Crippen molar-refractivity contribution < 1.29 is 14.7 Å². The Hall–Kier alpha value is -3.12. The molecule has 0 radical (unpaired) electrons. The first kappa shape index (κ1) is 20.2. The number of aliphatic hydroxyl groups is 1. The van der Waals surface area contributed by atoms with Crippen LogP contribution in [-0.2, 0) is 21.4 Å². The summed E-state index contributed by atoms with van der Waals surface area (Å²) in [5.41, 5.74) is 2.58. The molecule has 6 nitrogen and oxygen atoms in total. The summed E-state index contributed by atoms with van der Waals surface area (Å²) in [5, 5.41) is 14.1. The lowest BCUT2D eigenvalue weighted by Gasteiger charge is -2.29. The van der Waals surface area contributed by atoms with E-state index in [1.165, 1.54) is 6.92 Å². The summed E-state index contributed by atoms with van der Waals surface area (Å²) in [5.74, 6) is -0.342. The molecule has 1 saturated heterocycles. The number of rotatable bonds is 6. The first-order chi connectivity index (χ1) is 14.5. The van der Waals surface area contributed by atoms with Crippen LogP contribution in [-0.4, -0.2) is 52.5 Å². The average molecular weight is 405 g/mol. The molecule has 4 rings (SSSR count). The number of nitrogens with one attached hydrogen (secondary N) is 2. The Morgan fingerprint density at radius 1 is 1.17 bits per heavy atom. The number of hydrogen-bond donors (Lipinski definition) is 3. The van der Waals surface area contributed by atoms with Gasteiger partial charge in [0.15, 0.2) is 0 Å². The maximum Gasteiger partial charge on any atom is 0.245 e. The van der Waals surface area contributed by atoms with E-state index in [0.717, 1.165) is 22.0 Å². The maximum absolute atomic E-state index is 13.4. The van der Waals surface area contributed by atoms with Gasteiger partial charge in [-0.05, 0) is 23.6 Å². The first-order valence-corrected chi connectivity index (χ1v) is 10.3. The van der Waals surface area contributed by atoms with Gasteiger partial charge < -0.3 is 20.3 Å². The molecule has 30 heavy (non-hydrogen) atoms. The largest absolute Gasteiger partial charge is 0.395 e. The predicted molar refractivity (Wildman–Crippen MR) is 116 cm³/mol. The highest BCUT2D eigenvalue weighted by atomic mass is 16.3. The van der Waals surface area contributed by atoms with Crippen molar-refractivity contribution in [2.24, 2.45) is 0 Å². The molecule has 1 aromatic heterocycles. The van der Waals surface area contributed by atoms with Crippen molar-refractivity contribution in [1.29, 1.82) is 0 Å². The number of carbonyl (C=O) groups is 2. The van der Waals surface area contributed by atoms with E-state index >= 15 is 0 Å². The Balaban J connectivity index is 1.56. The Morgan fingerprint density at radius 3 is 2.63 bits per heavy atom. The van der Waals surface area contributed by atoms with Crippen LogP contribution in [0.1, 0.15) is 24.5 Å². The molecule has 2 aromatic carbocycles. The number of aromatic amines is 1. The second kappa shape index (κ2) is 8.32. The van der Waals surface area contributed by atoms with E-state index in [2.05, 4.69) is 10.3 Å². The Morgan fingerprint density at radius 2 is 1.90 bits per heavy atom. The van der Waals surface area contributed by atoms with Crippen LogP contribution >= 0.6 is 0 Å². The molecule has 156 valence electrons. The molecule has 3 N–H and O–H groups in total. The van der Waals surface area contributed by atoms with Crippen LogP contribution in [0.15, 0.2) is 60.8 Å². The van der Waals surface area contributed by atoms with Crippen molar-refractivity contribution in [3.63, 3.8) is 0 Å². The zero-order chi connectivity index (χ0) is 21.1. The number of hydrogen-bond acceptors (Lipinski definition) is 3. The minimum Gasteiger partial charge on any atom is -0.395 e. The molecular weight excluding hydrogens is 378 g/mol. The summed E-state index contributed by atoms with van der Waals surface area (Å²) in [7, 11) is 0. The van der Waals surface area contributed by atoms with Gasteiger partial charge in [-0.25, -0.2) is 0 Å². The van der Waals surface area contributed by atoms with Gasteiger partial charge >= 0.3 is 0 Å². The van der Waals surface area contributed by atoms with E-state index in [1.54, 1.807) is 4.90 Å². The predicted octanol–water partition coefficient (Wildman–Crippen LogP) is 2.38. The highest BCUT2D eigenvalue weighted by molar-refractivity contribution is 5.89. The van der Waals surface area contributed by atoms with Crippen molar-refractivity contribution >= 4 is 22.7 Å². The lowest BCUT2D eigenvalue weighted by Crippen LogP contribution is -2.49. The fraction of sp³-hybridized carbons (Fsp3) is 0.333. The zero-order valence-electron chi connectivity index (χ0n) is 17.1. The third kappa shape index (κ3) is 3.83. The summed E-state index contributed by atoms with van der Waals surface area (Å²) in [6.45, 7) is 2.41. The molecule has 2 amide bonds. The van der Waals surface area contributed by atoms with E-state index < -0.39 is 11.5 Å². The van der Waals surface area contributed by atoms with Crippen LogP contribution in [0.5, 0.6) is 0 Å². The summed E-state index contributed by atoms with van der Waals surface area (Å²) in [6, 6.07) is 17.1. The SMILES string of the molecule is CC(=O)NC(Cc1c[nH]c2ccccc12)C(=O)N1CCC(CO)(c2ccccc2)C1. The minimum absolute atomic E-state index is 0.0198. The molecule has 1 fully saturated rings. The van der Waals surface area contributed by atoms with Gasteiger partial charge in [0.2, 0.25) is 11.8 Å². The lowest BCUT2D eigenvalue weighted by atomic mass is 9.80. The van der Waals surface area contributed by atoms with Crippen LogP contribution in [0.4, 0.5) is 0 Å². The van der Waals surface area contributed by atoms with Gasteiger partial charge in [0.1, 0.15) is 6.04 Å². The quantitative estimate of drug-likeness (QED) is 0.589. The molecule has 0 aliphatic carbocycles. The van der Waals surface area contributed by atoms with E-state index in [-0.39, 0.29) is 18.4 Å². The average Bonchev–Trinajstić information content (AvgIpc) is 3.39. The van der Waals surface area contributed by atoms with Crippen molar-refractivity contribution in [3.05, 3.63) is 71.9 Å². The van der Waals surface area contributed by atoms with Crippen LogP contribution in [0.25, 0.3) is 10.9 Å². The second-order valence-electron chi connectivity index (χ2n) is 8.13. The van der Waals surface area contributed by atoms with Crippen LogP contribution in [0, 0.1) is 0 Å². The van der Waals surface area contributed by atoms with Gasteiger partial charge in [-0.2, -0.15) is 0 Å². The molecule has 0 bridgehead atoms. The van der Waals surface area contributed by atoms with Crippen LogP contribution in [0.3, 0.4) is 0 Å². The Kier molecular flexibility index (Phi) is 5.59. The molecule has 1 aliphatic rings. The highest BCUT2D eigenvalue weighted by Crippen LogP contribution is 2.34. The molecule has 6 heteroatoms. The summed E-state index contributed by atoms with van der Waals surface area (Å²) in [6.07, 6.45) is 3.01.